The largest absolute Gasteiger partial charge is 0.394 e. The van der Waals surface area contributed by atoms with Crippen LogP contribution < -0.4 is 5.32 Å². The van der Waals surface area contributed by atoms with Crippen molar-refractivity contribution in [2.45, 2.75) is 18.4 Å². The molecule has 2 aromatic rings. The Labute approximate surface area is 109 Å². The Bertz CT molecular complexity index is 537. The van der Waals surface area contributed by atoms with Gasteiger partial charge in [-0.3, -0.25) is 0 Å². The molecule has 1 aliphatic heterocycles. The maximum absolute atomic E-state index is 9.67. The third-order valence-corrected chi connectivity index (χ3v) is 4.29. The number of hydrogen-bond acceptors (Lipinski definition) is 6. The zero-order valence-corrected chi connectivity index (χ0v) is 10.7. The molecule has 96 valence electrons. The fraction of sp³-hybridized carbons (Fsp3) is 0.500. The molecule has 0 spiro atoms. The quantitative estimate of drug-likeness (QED) is 0.883. The van der Waals surface area contributed by atoms with Crippen LogP contribution in [0.15, 0.2) is 17.8 Å². The van der Waals surface area contributed by atoms with Crippen LogP contribution in [-0.4, -0.2) is 40.4 Å². The van der Waals surface area contributed by atoms with Crippen LogP contribution in [0.5, 0.6) is 0 Å². The number of fused-ring (bicyclic) bond motifs is 1. The molecule has 1 saturated heterocycles. The van der Waals surface area contributed by atoms with Crippen LogP contribution in [0.2, 0.25) is 0 Å². The second kappa shape index (κ2) is 4.79. The summed E-state index contributed by atoms with van der Waals surface area (Å²) in [6, 6.07) is 1.97. The average Bonchev–Trinajstić information content (AvgIpc) is 2.89. The first-order chi connectivity index (χ1) is 8.83. The highest BCUT2D eigenvalue weighted by atomic mass is 32.1. The van der Waals surface area contributed by atoms with Crippen LogP contribution >= 0.6 is 11.3 Å². The summed E-state index contributed by atoms with van der Waals surface area (Å²) in [6.07, 6.45) is 3.14. The summed E-state index contributed by atoms with van der Waals surface area (Å²) in [4.78, 5) is 8.52. The van der Waals surface area contributed by atoms with Crippen molar-refractivity contribution in [3.63, 3.8) is 0 Å². The maximum atomic E-state index is 9.67. The number of nitrogens with zero attached hydrogens (tertiary/aromatic N) is 2. The Balaban J connectivity index is 1.92. The molecule has 2 N–H and O–H groups in total. The lowest BCUT2D eigenvalue weighted by molar-refractivity contribution is 0.0379. The fourth-order valence-electron chi connectivity index (χ4n) is 2.21. The monoisotopic (exact) mass is 265 g/mol. The molecular formula is C12H15N3O2S. The van der Waals surface area contributed by atoms with Gasteiger partial charge in [-0.15, -0.1) is 11.3 Å². The van der Waals surface area contributed by atoms with Gasteiger partial charge in [-0.2, -0.15) is 0 Å². The fourth-order valence-corrected chi connectivity index (χ4v) is 3.00. The summed E-state index contributed by atoms with van der Waals surface area (Å²) >= 11 is 1.61. The van der Waals surface area contributed by atoms with Gasteiger partial charge in [-0.1, -0.05) is 0 Å². The van der Waals surface area contributed by atoms with E-state index in [0.29, 0.717) is 13.2 Å². The van der Waals surface area contributed by atoms with E-state index in [-0.39, 0.29) is 12.1 Å². The highest BCUT2D eigenvalue weighted by Gasteiger charge is 2.32. The van der Waals surface area contributed by atoms with E-state index in [1.807, 2.05) is 11.4 Å². The van der Waals surface area contributed by atoms with Crippen molar-refractivity contribution in [3.8, 4) is 0 Å². The molecule has 0 radical (unpaired) electrons. The van der Waals surface area contributed by atoms with Crippen molar-refractivity contribution >= 4 is 27.4 Å². The van der Waals surface area contributed by atoms with Gasteiger partial charge >= 0.3 is 0 Å². The van der Waals surface area contributed by atoms with Crippen LogP contribution in [0.3, 0.4) is 0 Å². The van der Waals surface area contributed by atoms with Crippen LogP contribution in [0, 0.1) is 0 Å². The lowest BCUT2D eigenvalue weighted by Crippen LogP contribution is -2.47. The minimum absolute atomic E-state index is 0.0905. The molecule has 18 heavy (non-hydrogen) atoms. The van der Waals surface area contributed by atoms with Crippen LogP contribution in [0.25, 0.3) is 10.2 Å². The molecule has 3 rings (SSSR count). The van der Waals surface area contributed by atoms with E-state index in [4.69, 9.17) is 4.74 Å². The smallest absolute Gasteiger partial charge is 0.147 e. The first-order valence-electron chi connectivity index (χ1n) is 5.98. The number of thiophene rings is 1. The van der Waals surface area contributed by atoms with Crippen molar-refractivity contribution in [3.05, 3.63) is 17.8 Å². The normalized spacial score (nSPS) is 18.9. The van der Waals surface area contributed by atoms with E-state index >= 15 is 0 Å². The SMILES string of the molecule is OCC1(Nc2ncnc3ccsc23)CCOCC1. The van der Waals surface area contributed by atoms with Crippen molar-refractivity contribution in [2.75, 3.05) is 25.1 Å². The molecule has 0 saturated carbocycles. The number of anilines is 1. The van der Waals surface area contributed by atoms with Gasteiger partial charge in [0.2, 0.25) is 0 Å². The highest BCUT2D eigenvalue weighted by Crippen LogP contribution is 2.30. The standard InChI is InChI=1S/C12H15N3O2S/c16-7-12(2-4-17-5-3-12)15-11-10-9(1-6-18-10)13-8-14-11/h1,6,8,16H,2-5,7H2,(H,13,14,15). The number of ether oxygens (including phenoxy) is 1. The molecule has 0 aliphatic carbocycles. The molecule has 1 fully saturated rings. The Morgan fingerprint density at radius 3 is 3.00 bits per heavy atom. The van der Waals surface area contributed by atoms with Crippen LogP contribution in [0.4, 0.5) is 5.82 Å². The highest BCUT2D eigenvalue weighted by molar-refractivity contribution is 7.17. The van der Waals surface area contributed by atoms with Crippen molar-refractivity contribution in [1.82, 2.24) is 9.97 Å². The van der Waals surface area contributed by atoms with E-state index in [2.05, 4.69) is 15.3 Å². The number of aliphatic hydroxyl groups excluding tert-OH is 1. The lowest BCUT2D eigenvalue weighted by Gasteiger charge is -2.36. The molecular weight excluding hydrogens is 250 g/mol. The molecule has 1 aliphatic rings. The van der Waals surface area contributed by atoms with E-state index in [9.17, 15) is 5.11 Å². The van der Waals surface area contributed by atoms with E-state index in [1.165, 1.54) is 0 Å². The van der Waals surface area contributed by atoms with E-state index in [0.717, 1.165) is 28.9 Å². The second-order valence-corrected chi connectivity index (χ2v) is 5.45. The Hall–Kier alpha value is -1.24. The predicted molar refractivity (Wildman–Crippen MR) is 70.9 cm³/mol. The summed E-state index contributed by atoms with van der Waals surface area (Å²) in [5.74, 6) is 0.811. The predicted octanol–water partition coefficient (Wildman–Crippen LogP) is 1.64. The van der Waals surface area contributed by atoms with Gasteiger partial charge in [0, 0.05) is 13.2 Å². The molecule has 5 nitrogen and oxygen atoms in total. The van der Waals surface area contributed by atoms with Crippen LogP contribution in [0.1, 0.15) is 12.8 Å². The van der Waals surface area contributed by atoms with E-state index in [1.54, 1.807) is 17.7 Å². The Morgan fingerprint density at radius 2 is 2.22 bits per heavy atom. The third kappa shape index (κ3) is 2.07. The molecule has 0 unspecified atom stereocenters. The maximum Gasteiger partial charge on any atom is 0.147 e. The van der Waals surface area contributed by atoms with Crippen molar-refractivity contribution in [2.24, 2.45) is 0 Å². The van der Waals surface area contributed by atoms with Crippen molar-refractivity contribution in [1.29, 1.82) is 0 Å². The first-order valence-corrected chi connectivity index (χ1v) is 6.86. The summed E-state index contributed by atoms with van der Waals surface area (Å²) < 4.78 is 6.39. The third-order valence-electron chi connectivity index (χ3n) is 3.38. The Kier molecular flexibility index (Phi) is 3.15. The minimum Gasteiger partial charge on any atom is -0.394 e. The Morgan fingerprint density at radius 1 is 1.39 bits per heavy atom. The first kappa shape index (κ1) is 11.8. The molecule has 0 aromatic carbocycles. The molecule has 2 aromatic heterocycles. The molecule has 0 amide bonds. The zero-order chi connectivity index (χ0) is 12.4. The zero-order valence-electron chi connectivity index (χ0n) is 9.93. The van der Waals surface area contributed by atoms with Gasteiger partial charge in [-0.05, 0) is 24.3 Å². The molecule has 0 atom stereocenters. The van der Waals surface area contributed by atoms with Gasteiger partial charge < -0.3 is 15.2 Å². The molecule has 3 heterocycles. The van der Waals surface area contributed by atoms with Gasteiger partial charge in [0.25, 0.3) is 0 Å². The summed E-state index contributed by atoms with van der Waals surface area (Å²) in [5.41, 5.74) is 0.626. The molecule has 0 bridgehead atoms. The van der Waals surface area contributed by atoms with Gasteiger partial charge in [0.15, 0.2) is 0 Å². The summed E-state index contributed by atoms with van der Waals surface area (Å²) in [5, 5.41) is 15.1. The lowest BCUT2D eigenvalue weighted by atomic mass is 9.91. The van der Waals surface area contributed by atoms with Gasteiger partial charge in [0.1, 0.15) is 12.1 Å². The van der Waals surface area contributed by atoms with E-state index < -0.39 is 0 Å². The number of hydrogen-bond donors (Lipinski definition) is 2. The second-order valence-electron chi connectivity index (χ2n) is 4.53. The minimum atomic E-state index is -0.316. The number of nitrogens with one attached hydrogen (secondary N) is 1. The number of rotatable bonds is 3. The average molecular weight is 265 g/mol. The number of aliphatic hydroxyl groups is 1. The van der Waals surface area contributed by atoms with Crippen LogP contribution in [-0.2, 0) is 4.74 Å². The number of aromatic nitrogens is 2. The van der Waals surface area contributed by atoms with Crippen molar-refractivity contribution < 1.29 is 9.84 Å². The van der Waals surface area contributed by atoms with Gasteiger partial charge in [0.05, 0.1) is 22.4 Å². The topological polar surface area (TPSA) is 67.3 Å². The van der Waals surface area contributed by atoms with Gasteiger partial charge in [-0.25, -0.2) is 9.97 Å². The summed E-state index contributed by atoms with van der Waals surface area (Å²) in [6.45, 7) is 1.44. The summed E-state index contributed by atoms with van der Waals surface area (Å²) in [7, 11) is 0. The molecule has 6 heteroatoms.